The highest BCUT2D eigenvalue weighted by Crippen LogP contribution is 2.61. The molecular formula is C34H38O3. The van der Waals surface area contributed by atoms with Crippen LogP contribution in [0, 0.1) is 10.8 Å². The van der Waals surface area contributed by atoms with Crippen LogP contribution in [0.1, 0.15) is 55.4 Å². The molecule has 0 aliphatic heterocycles. The molecule has 5 rings (SSSR count). The molecule has 2 aliphatic carbocycles. The molecule has 2 unspecified atom stereocenters. The van der Waals surface area contributed by atoms with Gasteiger partial charge in [-0.05, 0) is 64.7 Å². The van der Waals surface area contributed by atoms with E-state index in [1.54, 1.807) is 14.2 Å². The molecule has 0 amide bonds. The van der Waals surface area contributed by atoms with Gasteiger partial charge >= 0.3 is 0 Å². The molecule has 2 aliphatic rings. The number of aliphatic hydroxyl groups excluding tert-OH is 1. The van der Waals surface area contributed by atoms with Crippen LogP contribution in [-0.2, 0) is 9.47 Å². The zero-order chi connectivity index (χ0) is 25.9. The number of benzene rings is 3. The first-order valence-electron chi connectivity index (χ1n) is 13.3. The Labute approximate surface area is 221 Å². The van der Waals surface area contributed by atoms with Crippen molar-refractivity contribution in [3.05, 3.63) is 119 Å². The molecule has 3 aromatic carbocycles. The predicted octanol–water partition coefficient (Wildman–Crippen LogP) is 7.50. The fourth-order valence-electron chi connectivity index (χ4n) is 6.80. The van der Waals surface area contributed by atoms with Gasteiger partial charge in [-0.3, -0.25) is 0 Å². The highest BCUT2D eigenvalue weighted by Gasteiger charge is 2.48. The Morgan fingerprint density at radius 3 is 1.76 bits per heavy atom. The van der Waals surface area contributed by atoms with Crippen molar-refractivity contribution in [2.24, 2.45) is 10.8 Å². The minimum Gasteiger partial charge on any atom is -0.388 e. The Morgan fingerprint density at radius 1 is 0.676 bits per heavy atom. The van der Waals surface area contributed by atoms with E-state index in [2.05, 4.69) is 67.6 Å². The second-order valence-electron chi connectivity index (χ2n) is 11.1. The summed E-state index contributed by atoms with van der Waals surface area (Å²) >= 11 is 0. The summed E-state index contributed by atoms with van der Waals surface area (Å²) in [6.07, 6.45) is 2.81. The molecule has 0 saturated heterocycles. The molecule has 1 saturated carbocycles. The van der Waals surface area contributed by atoms with Crippen molar-refractivity contribution in [2.75, 3.05) is 27.4 Å². The van der Waals surface area contributed by atoms with Gasteiger partial charge in [0.1, 0.15) is 0 Å². The van der Waals surface area contributed by atoms with E-state index in [0.717, 1.165) is 24.8 Å². The van der Waals surface area contributed by atoms with Gasteiger partial charge in [-0.2, -0.15) is 0 Å². The zero-order valence-corrected chi connectivity index (χ0v) is 22.2. The minimum atomic E-state index is -0.548. The fourth-order valence-corrected chi connectivity index (χ4v) is 6.80. The summed E-state index contributed by atoms with van der Waals surface area (Å²) in [5.74, 6) is 0. The second kappa shape index (κ2) is 10.8. The van der Waals surface area contributed by atoms with Crippen LogP contribution in [0.4, 0.5) is 0 Å². The van der Waals surface area contributed by atoms with Crippen molar-refractivity contribution in [2.45, 2.75) is 38.7 Å². The summed E-state index contributed by atoms with van der Waals surface area (Å²) in [6.45, 7) is 3.66. The van der Waals surface area contributed by atoms with E-state index in [1.165, 1.54) is 33.4 Å². The van der Waals surface area contributed by atoms with Crippen molar-refractivity contribution in [1.29, 1.82) is 0 Å². The Kier molecular flexibility index (Phi) is 7.48. The molecular weight excluding hydrogens is 456 g/mol. The quantitative estimate of drug-likeness (QED) is 0.335. The van der Waals surface area contributed by atoms with Gasteiger partial charge in [-0.15, -0.1) is 0 Å². The topological polar surface area (TPSA) is 38.7 Å². The summed E-state index contributed by atoms with van der Waals surface area (Å²) in [7, 11) is 3.58. The van der Waals surface area contributed by atoms with Gasteiger partial charge in [0, 0.05) is 25.0 Å². The van der Waals surface area contributed by atoms with Gasteiger partial charge in [-0.25, -0.2) is 0 Å². The molecule has 1 fully saturated rings. The van der Waals surface area contributed by atoms with Gasteiger partial charge in [-0.1, -0.05) is 97.9 Å². The molecule has 2 atom stereocenters. The predicted molar refractivity (Wildman–Crippen MR) is 151 cm³/mol. The third kappa shape index (κ3) is 5.09. The molecule has 37 heavy (non-hydrogen) atoms. The van der Waals surface area contributed by atoms with E-state index in [0.29, 0.717) is 19.6 Å². The minimum absolute atomic E-state index is 0.0997. The molecule has 1 N–H and O–H groups in total. The van der Waals surface area contributed by atoms with E-state index in [4.69, 9.17) is 9.47 Å². The third-order valence-corrected chi connectivity index (χ3v) is 8.22. The van der Waals surface area contributed by atoms with Crippen LogP contribution in [0.2, 0.25) is 0 Å². The first-order chi connectivity index (χ1) is 18.0. The van der Waals surface area contributed by atoms with Crippen molar-refractivity contribution >= 4 is 11.1 Å². The number of fused-ring (bicyclic) bond motifs is 1. The molecule has 3 heteroatoms. The molecule has 0 bridgehead atoms. The average molecular weight is 495 g/mol. The molecule has 3 aromatic rings. The van der Waals surface area contributed by atoms with Crippen LogP contribution < -0.4 is 0 Å². The Bertz CT molecular complexity index is 1250. The maximum absolute atomic E-state index is 11.5. The fraction of sp³-hybridized carbons (Fsp3) is 0.353. The SMILES string of the molecule is COCC1(COC)CC2=C(c3ccccc3)CC(C)(CC(O)c3ccccc3)C(c3ccccc3)=C2C1. The second-order valence-corrected chi connectivity index (χ2v) is 11.1. The summed E-state index contributed by atoms with van der Waals surface area (Å²) < 4.78 is 11.6. The maximum atomic E-state index is 11.5. The van der Waals surface area contributed by atoms with Gasteiger partial charge in [0.25, 0.3) is 0 Å². The lowest BCUT2D eigenvalue weighted by atomic mass is 9.63. The first-order valence-corrected chi connectivity index (χ1v) is 13.3. The lowest BCUT2D eigenvalue weighted by Crippen LogP contribution is -2.28. The number of ether oxygens (including phenoxy) is 2. The Balaban J connectivity index is 1.71. The standard InChI is InChI=1S/C34H38O3/c1-33(22-31(35)26-15-9-5-10-16-26)19-28(25-13-7-4-8-14-25)29-20-34(23-36-2,24-37-3)21-30(29)32(33)27-17-11-6-12-18-27/h4-18,31,35H,19-24H2,1-3H3. The zero-order valence-electron chi connectivity index (χ0n) is 22.2. The van der Waals surface area contributed by atoms with E-state index in [-0.39, 0.29) is 10.8 Å². The van der Waals surface area contributed by atoms with Gasteiger partial charge in [0.2, 0.25) is 0 Å². The molecule has 0 aromatic heterocycles. The molecule has 3 nitrogen and oxygen atoms in total. The van der Waals surface area contributed by atoms with E-state index < -0.39 is 6.10 Å². The average Bonchev–Trinajstić information content (AvgIpc) is 3.28. The number of hydrogen-bond acceptors (Lipinski definition) is 3. The number of methoxy groups -OCH3 is 2. The van der Waals surface area contributed by atoms with Crippen LogP contribution in [-0.4, -0.2) is 32.5 Å². The monoisotopic (exact) mass is 494 g/mol. The van der Waals surface area contributed by atoms with E-state index in [9.17, 15) is 5.11 Å². The first kappa shape index (κ1) is 25.7. The van der Waals surface area contributed by atoms with Crippen molar-refractivity contribution in [3.8, 4) is 0 Å². The number of aliphatic hydroxyl groups is 1. The summed E-state index contributed by atoms with van der Waals surface area (Å²) in [5.41, 5.74) is 8.74. The summed E-state index contributed by atoms with van der Waals surface area (Å²) in [5, 5.41) is 11.5. The van der Waals surface area contributed by atoms with E-state index in [1.807, 2.05) is 30.3 Å². The third-order valence-electron chi connectivity index (χ3n) is 8.22. The molecule has 0 heterocycles. The summed E-state index contributed by atoms with van der Waals surface area (Å²) in [6, 6.07) is 31.7. The largest absolute Gasteiger partial charge is 0.388 e. The van der Waals surface area contributed by atoms with Crippen LogP contribution in [0.3, 0.4) is 0 Å². The van der Waals surface area contributed by atoms with Crippen LogP contribution in [0.15, 0.2) is 102 Å². The maximum Gasteiger partial charge on any atom is 0.0798 e. The van der Waals surface area contributed by atoms with Crippen molar-refractivity contribution in [1.82, 2.24) is 0 Å². The highest BCUT2D eigenvalue weighted by molar-refractivity contribution is 5.88. The number of hydrogen-bond donors (Lipinski definition) is 1. The van der Waals surface area contributed by atoms with Gasteiger partial charge < -0.3 is 14.6 Å². The van der Waals surface area contributed by atoms with Crippen LogP contribution in [0.5, 0.6) is 0 Å². The van der Waals surface area contributed by atoms with Gasteiger partial charge in [0.15, 0.2) is 0 Å². The van der Waals surface area contributed by atoms with Crippen molar-refractivity contribution < 1.29 is 14.6 Å². The number of rotatable bonds is 9. The number of allylic oxidation sites excluding steroid dienone is 4. The lowest BCUT2D eigenvalue weighted by molar-refractivity contribution is 0.0190. The molecule has 192 valence electrons. The molecule has 0 spiro atoms. The van der Waals surface area contributed by atoms with Crippen LogP contribution in [0.25, 0.3) is 11.1 Å². The smallest absolute Gasteiger partial charge is 0.0798 e. The van der Waals surface area contributed by atoms with Gasteiger partial charge in [0.05, 0.1) is 19.3 Å². The summed E-state index contributed by atoms with van der Waals surface area (Å²) in [4.78, 5) is 0. The molecule has 0 radical (unpaired) electrons. The van der Waals surface area contributed by atoms with Crippen LogP contribution >= 0.6 is 0 Å². The lowest BCUT2D eigenvalue weighted by Gasteiger charge is -2.41. The Morgan fingerprint density at radius 2 is 1.19 bits per heavy atom. The van der Waals surface area contributed by atoms with Crippen molar-refractivity contribution in [3.63, 3.8) is 0 Å². The van der Waals surface area contributed by atoms with E-state index >= 15 is 0 Å². The normalized spacial score (nSPS) is 21.7. The Hall–Kier alpha value is -2.98. The highest BCUT2D eigenvalue weighted by atomic mass is 16.5.